The molecule has 0 saturated carbocycles. The van der Waals surface area contributed by atoms with E-state index in [1.807, 2.05) is 0 Å². The molecule has 2 aromatic rings. The van der Waals surface area contributed by atoms with Gasteiger partial charge in [-0.25, -0.2) is 9.07 Å². The number of nitrogens with one attached hydrogen (secondary N) is 1. The highest BCUT2D eigenvalue weighted by atomic mass is 35.5. The number of carbonyl (C=O) groups excluding carboxylic acids is 1. The monoisotopic (exact) mass is 392 g/mol. The molecule has 0 radical (unpaired) electrons. The van der Waals surface area contributed by atoms with E-state index in [2.05, 4.69) is 15.3 Å². The number of hydrogen-bond donors (Lipinski definition) is 1. The van der Waals surface area contributed by atoms with Crippen molar-refractivity contribution in [3.05, 3.63) is 52.1 Å². The minimum Gasteiger partial charge on any atom is -0.352 e. The van der Waals surface area contributed by atoms with Crippen LogP contribution in [0.2, 0.25) is 5.15 Å². The van der Waals surface area contributed by atoms with Crippen molar-refractivity contribution in [1.29, 1.82) is 0 Å². The predicted octanol–water partition coefficient (Wildman–Crippen LogP) is 3.64. The summed E-state index contributed by atoms with van der Waals surface area (Å²) >= 11 is 6.40. The summed E-state index contributed by atoms with van der Waals surface area (Å²) in [7, 11) is 0. The molecule has 1 saturated heterocycles. The SMILES string of the molecule is Cc1nn(Cc2ccc(F)cc2)c(Cl)c1C(=O)NCCCN1CCCCC1. The first-order valence-electron chi connectivity index (χ1n) is 9.52. The van der Waals surface area contributed by atoms with Crippen molar-refractivity contribution in [1.82, 2.24) is 20.0 Å². The largest absolute Gasteiger partial charge is 0.352 e. The molecule has 146 valence electrons. The number of hydrogen-bond acceptors (Lipinski definition) is 3. The Labute approximate surface area is 164 Å². The van der Waals surface area contributed by atoms with Gasteiger partial charge in [0.1, 0.15) is 11.0 Å². The van der Waals surface area contributed by atoms with Gasteiger partial charge in [-0.2, -0.15) is 5.10 Å². The first kappa shape index (κ1) is 19.8. The number of halogens is 2. The molecule has 1 aliphatic rings. The molecule has 1 amide bonds. The number of amides is 1. The Morgan fingerprint density at radius 1 is 1.22 bits per heavy atom. The second kappa shape index (κ2) is 9.33. The van der Waals surface area contributed by atoms with Crippen molar-refractivity contribution in [2.24, 2.45) is 0 Å². The lowest BCUT2D eigenvalue weighted by molar-refractivity contribution is 0.0950. The number of piperidine rings is 1. The molecule has 1 aliphatic heterocycles. The molecule has 1 fully saturated rings. The summed E-state index contributed by atoms with van der Waals surface area (Å²) in [4.78, 5) is 15.0. The van der Waals surface area contributed by atoms with Gasteiger partial charge in [-0.1, -0.05) is 30.2 Å². The minimum atomic E-state index is -0.286. The summed E-state index contributed by atoms with van der Waals surface area (Å²) in [6, 6.07) is 6.16. The lowest BCUT2D eigenvalue weighted by atomic mass is 10.1. The van der Waals surface area contributed by atoms with Gasteiger partial charge in [0.05, 0.1) is 17.8 Å². The first-order chi connectivity index (χ1) is 13.0. The summed E-state index contributed by atoms with van der Waals surface area (Å²) < 4.78 is 14.6. The standard InChI is InChI=1S/C20H26ClFN4O/c1-15-18(20(27)23-10-5-13-25-11-3-2-4-12-25)19(21)26(24-15)14-16-6-8-17(22)9-7-16/h6-9H,2-5,10-14H2,1H3,(H,23,27). The zero-order valence-corrected chi connectivity index (χ0v) is 16.4. The van der Waals surface area contributed by atoms with Crippen molar-refractivity contribution < 1.29 is 9.18 Å². The Hall–Kier alpha value is -1.92. The maximum atomic E-state index is 13.0. The molecule has 2 heterocycles. The molecule has 0 unspecified atom stereocenters. The molecule has 5 nitrogen and oxygen atoms in total. The third kappa shape index (κ3) is 5.30. The molecule has 0 aliphatic carbocycles. The van der Waals surface area contributed by atoms with E-state index in [-0.39, 0.29) is 11.7 Å². The van der Waals surface area contributed by atoms with Crippen LogP contribution in [-0.4, -0.2) is 46.8 Å². The van der Waals surface area contributed by atoms with Crippen molar-refractivity contribution in [3.8, 4) is 0 Å². The van der Waals surface area contributed by atoms with Crippen LogP contribution in [0.15, 0.2) is 24.3 Å². The van der Waals surface area contributed by atoms with Crippen LogP contribution < -0.4 is 5.32 Å². The summed E-state index contributed by atoms with van der Waals surface area (Å²) in [5.41, 5.74) is 1.88. The van der Waals surface area contributed by atoms with Crippen LogP contribution in [0.25, 0.3) is 0 Å². The van der Waals surface area contributed by atoms with Crippen LogP contribution in [0.5, 0.6) is 0 Å². The fraction of sp³-hybridized carbons (Fsp3) is 0.500. The van der Waals surface area contributed by atoms with Gasteiger partial charge < -0.3 is 10.2 Å². The van der Waals surface area contributed by atoms with Crippen molar-refractivity contribution >= 4 is 17.5 Å². The van der Waals surface area contributed by atoms with E-state index in [9.17, 15) is 9.18 Å². The highest BCUT2D eigenvalue weighted by Crippen LogP contribution is 2.21. The molecular formula is C20H26ClFN4O. The summed E-state index contributed by atoms with van der Waals surface area (Å²) in [6.07, 6.45) is 4.79. The summed E-state index contributed by atoms with van der Waals surface area (Å²) in [5, 5.41) is 7.63. The second-order valence-electron chi connectivity index (χ2n) is 7.05. The van der Waals surface area contributed by atoms with Crippen LogP contribution in [0.1, 0.15) is 47.3 Å². The number of aromatic nitrogens is 2. The average molecular weight is 393 g/mol. The van der Waals surface area contributed by atoms with Crippen LogP contribution in [0, 0.1) is 12.7 Å². The summed E-state index contributed by atoms with van der Waals surface area (Å²) in [5.74, 6) is -0.479. The topological polar surface area (TPSA) is 50.2 Å². The Morgan fingerprint density at radius 3 is 2.63 bits per heavy atom. The third-order valence-electron chi connectivity index (χ3n) is 4.92. The van der Waals surface area contributed by atoms with Gasteiger partial charge in [-0.15, -0.1) is 0 Å². The lowest BCUT2D eigenvalue weighted by Crippen LogP contribution is -2.33. The number of carbonyl (C=O) groups is 1. The molecular weight excluding hydrogens is 367 g/mol. The van der Waals surface area contributed by atoms with Crippen molar-refractivity contribution in [2.45, 2.75) is 39.2 Å². The smallest absolute Gasteiger partial charge is 0.256 e. The number of nitrogens with zero attached hydrogens (tertiary/aromatic N) is 3. The molecule has 1 aromatic heterocycles. The number of aryl methyl sites for hydroxylation is 1. The van der Waals surface area contributed by atoms with Crippen LogP contribution in [-0.2, 0) is 6.54 Å². The Kier molecular flexibility index (Phi) is 6.85. The number of likely N-dealkylation sites (tertiary alicyclic amines) is 1. The minimum absolute atomic E-state index is 0.193. The van der Waals surface area contributed by atoms with E-state index in [4.69, 9.17) is 11.6 Å². The van der Waals surface area contributed by atoms with E-state index in [0.29, 0.717) is 29.5 Å². The van der Waals surface area contributed by atoms with E-state index >= 15 is 0 Å². The van der Waals surface area contributed by atoms with Crippen molar-refractivity contribution in [3.63, 3.8) is 0 Å². The van der Waals surface area contributed by atoms with Gasteiger partial charge in [-0.05, 0) is 63.5 Å². The molecule has 0 bridgehead atoms. The van der Waals surface area contributed by atoms with Gasteiger partial charge in [0, 0.05) is 6.54 Å². The fourth-order valence-corrected chi connectivity index (χ4v) is 3.77. The van der Waals surface area contributed by atoms with Crippen LogP contribution in [0.4, 0.5) is 4.39 Å². The number of benzene rings is 1. The van der Waals surface area contributed by atoms with Gasteiger partial charge in [0.2, 0.25) is 0 Å². The van der Waals surface area contributed by atoms with Crippen LogP contribution in [0.3, 0.4) is 0 Å². The molecule has 1 aromatic carbocycles. The highest BCUT2D eigenvalue weighted by molar-refractivity contribution is 6.33. The van der Waals surface area contributed by atoms with E-state index in [1.165, 1.54) is 31.4 Å². The molecule has 3 rings (SSSR count). The molecule has 0 atom stereocenters. The Balaban J connectivity index is 1.54. The Bertz CT molecular complexity index is 769. The first-order valence-corrected chi connectivity index (χ1v) is 9.90. The fourth-order valence-electron chi connectivity index (χ4n) is 3.45. The number of rotatable bonds is 7. The lowest BCUT2D eigenvalue weighted by Gasteiger charge is -2.26. The molecule has 0 spiro atoms. The average Bonchev–Trinajstić information content (AvgIpc) is 2.95. The third-order valence-corrected chi connectivity index (χ3v) is 5.31. The Morgan fingerprint density at radius 2 is 1.93 bits per heavy atom. The van der Waals surface area contributed by atoms with Gasteiger partial charge >= 0.3 is 0 Å². The van der Waals surface area contributed by atoms with Crippen LogP contribution >= 0.6 is 11.6 Å². The van der Waals surface area contributed by atoms with Gasteiger partial charge in [-0.3, -0.25) is 4.79 Å². The van der Waals surface area contributed by atoms with E-state index < -0.39 is 0 Å². The normalized spacial score (nSPS) is 15.1. The molecule has 7 heteroatoms. The van der Waals surface area contributed by atoms with E-state index in [0.717, 1.165) is 31.6 Å². The zero-order chi connectivity index (χ0) is 19.2. The second-order valence-corrected chi connectivity index (χ2v) is 7.41. The summed E-state index contributed by atoms with van der Waals surface area (Å²) in [6.45, 7) is 6.12. The highest BCUT2D eigenvalue weighted by Gasteiger charge is 2.20. The van der Waals surface area contributed by atoms with Gasteiger partial charge in [0.25, 0.3) is 5.91 Å². The molecule has 1 N–H and O–H groups in total. The van der Waals surface area contributed by atoms with E-state index in [1.54, 1.807) is 23.7 Å². The van der Waals surface area contributed by atoms with Crippen molar-refractivity contribution in [2.75, 3.05) is 26.2 Å². The zero-order valence-electron chi connectivity index (χ0n) is 15.7. The molecule has 27 heavy (non-hydrogen) atoms. The maximum absolute atomic E-state index is 13.0. The maximum Gasteiger partial charge on any atom is 0.256 e. The predicted molar refractivity (Wildman–Crippen MR) is 105 cm³/mol. The van der Waals surface area contributed by atoms with Gasteiger partial charge in [0.15, 0.2) is 0 Å². The quantitative estimate of drug-likeness (QED) is 0.732.